The number of nitrogens with two attached hydrogens (primary N) is 1. The fourth-order valence-electron chi connectivity index (χ4n) is 2.43. The SMILES string of the molecule is CC1CCCN(c2ccc(Cl)cc2CN)C1. The third kappa shape index (κ3) is 2.50. The monoisotopic (exact) mass is 238 g/mol. The van der Waals surface area contributed by atoms with Crippen LogP contribution in [0.1, 0.15) is 25.3 Å². The molecule has 3 heteroatoms. The number of hydrogen-bond acceptors (Lipinski definition) is 2. The fraction of sp³-hybridized carbons (Fsp3) is 0.538. The highest BCUT2D eigenvalue weighted by molar-refractivity contribution is 6.30. The summed E-state index contributed by atoms with van der Waals surface area (Å²) >= 11 is 5.99. The van der Waals surface area contributed by atoms with E-state index >= 15 is 0 Å². The van der Waals surface area contributed by atoms with Crippen molar-refractivity contribution in [3.63, 3.8) is 0 Å². The van der Waals surface area contributed by atoms with Crippen molar-refractivity contribution < 1.29 is 0 Å². The van der Waals surface area contributed by atoms with Crippen LogP contribution in [0.3, 0.4) is 0 Å². The van der Waals surface area contributed by atoms with Crippen molar-refractivity contribution in [3.8, 4) is 0 Å². The summed E-state index contributed by atoms with van der Waals surface area (Å²) in [5.41, 5.74) is 8.19. The van der Waals surface area contributed by atoms with Crippen molar-refractivity contribution in [1.29, 1.82) is 0 Å². The van der Waals surface area contributed by atoms with Crippen LogP contribution in [0.15, 0.2) is 18.2 Å². The van der Waals surface area contributed by atoms with Crippen molar-refractivity contribution in [2.45, 2.75) is 26.3 Å². The predicted molar refractivity (Wildman–Crippen MR) is 70.0 cm³/mol. The quantitative estimate of drug-likeness (QED) is 0.858. The van der Waals surface area contributed by atoms with Gasteiger partial charge in [-0.25, -0.2) is 0 Å². The second-order valence-electron chi connectivity index (χ2n) is 4.67. The van der Waals surface area contributed by atoms with Gasteiger partial charge in [0.15, 0.2) is 0 Å². The highest BCUT2D eigenvalue weighted by Crippen LogP contribution is 2.28. The second kappa shape index (κ2) is 5.07. The molecule has 1 aromatic carbocycles. The second-order valence-corrected chi connectivity index (χ2v) is 5.11. The Hall–Kier alpha value is -0.730. The van der Waals surface area contributed by atoms with Gasteiger partial charge in [0.25, 0.3) is 0 Å². The number of anilines is 1. The molecule has 1 saturated heterocycles. The van der Waals surface area contributed by atoms with E-state index in [1.807, 2.05) is 12.1 Å². The van der Waals surface area contributed by atoms with Gasteiger partial charge in [-0.15, -0.1) is 0 Å². The van der Waals surface area contributed by atoms with Gasteiger partial charge in [-0.3, -0.25) is 0 Å². The summed E-state index contributed by atoms with van der Waals surface area (Å²) in [6, 6.07) is 6.04. The summed E-state index contributed by atoms with van der Waals surface area (Å²) < 4.78 is 0. The lowest BCUT2D eigenvalue weighted by Gasteiger charge is -2.34. The van der Waals surface area contributed by atoms with Crippen LogP contribution in [-0.2, 0) is 6.54 Å². The van der Waals surface area contributed by atoms with Gasteiger partial charge in [0, 0.05) is 30.3 Å². The largest absolute Gasteiger partial charge is 0.371 e. The first-order valence-corrected chi connectivity index (χ1v) is 6.32. The minimum Gasteiger partial charge on any atom is -0.371 e. The molecule has 1 aliphatic heterocycles. The van der Waals surface area contributed by atoms with E-state index in [9.17, 15) is 0 Å². The number of nitrogens with zero attached hydrogens (tertiary/aromatic N) is 1. The van der Waals surface area contributed by atoms with Crippen molar-refractivity contribution in [2.75, 3.05) is 18.0 Å². The first-order valence-electron chi connectivity index (χ1n) is 5.94. The molecule has 0 spiro atoms. The number of piperidine rings is 1. The number of hydrogen-bond donors (Lipinski definition) is 1. The Morgan fingerprint density at radius 3 is 3.00 bits per heavy atom. The van der Waals surface area contributed by atoms with Crippen LogP contribution in [0.4, 0.5) is 5.69 Å². The standard InChI is InChI=1S/C13H19ClN2/c1-10-3-2-6-16(9-10)13-5-4-12(14)7-11(13)8-15/h4-5,7,10H,2-3,6,8-9,15H2,1H3. The Morgan fingerprint density at radius 2 is 2.31 bits per heavy atom. The van der Waals surface area contributed by atoms with Crippen LogP contribution in [0, 0.1) is 5.92 Å². The van der Waals surface area contributed by atoms with E-state index in [0.29, 0.717) is 6.54 Å². The molecule has 16 heavy (non-hydrogen) atoms. The molecule has 0 amide bonds. The summed E-state index contributed by atoms with van der Waals surface area (Å²) in [6.07, 6.45) is 2.61. The molecule has 1 fully saturated rings. The molecule has 0 aliphatic carbocycles. The highest BCUT2D eigenvalue weighted by Gasteiger charge is 2.18. The van der Waals surface area contributed by atoms with Gasteiger partial charge in [0.05, 0.1) is 0 Å². The predicted octanol–water partition coefficient (Wildman–Crippen LogP) is 3.04. The Morgan fingerprint density at radius 1 is 1.50 bits per heavy atom. The molecule has 2 nitrogen and oxygen atoms in total. The van der Waals surface area contributed by atoms with Gasteiger partial charge in [-0.05, 0) is 42.5 Å². The van der Waals surface area contributed by atoms with Crippen LogP contribution >= 0.6 is 11.6 Å². The lowest BCUT2D eigenvalue weighted by Crippen LogP contribution is -2.35. The maximum absolute atomic E-state index is 5.99. The maximum atomic E-state index is 5.99. The third-order valence-electron chi connectivity index (χ3n) is 3.26. The van der Waals surface area contributed by atoms with Crippen LogP contribution in [-0.4, -0.2) is 13.1 Å². The van der Waals surface area contributed by atoms with E-state index in [1.54, 1.807) is 0 Å². The Labute approximate surface area is 102 Å². The number of benzene rings is 1. The summed E-state index contributed by atoms with van der Waals surface area (Å²) in [6.45, 7) is 5.14. The van der Waals surface area contributed by atoms with E-state index in [1.165, 1.54) is 18.5 Å². The zero-order chi connectivity index (χ0) is 11.5. The highest BCUT2D eigenvalue weighted by atomic mass is 35.5. The van der Waals surface area contributed by atoms with Crippen LogP contribution < -0.4 is 10.6 Å². The molecule has 1 heterocycles. The minimum atomic E-state index is 0.556. The molecule has 2 rings (SSSR count). The van der Waals surface area contributed by atoms with Gasteiger partial charge in [0.1, 0.15) is 0 Å². The first kappa shape index (κ1) is 11.7. The topological polar surface area (TPSA) is 29.3 Å². The Bertz CT molecular complexity index is 365. The molecule has 1 atom stereocenters. The fourth-order valence-corrected chi connectivity index (χ4v) is 2.63. The summed E-state index contributed by atoms with van der Waals surface area (Å²) in [5.74, 6) is 0.773. The van der Waals surface area contributed by atoms with E-state index in [2.05, 4.69) is 17.9 Å². The Balaban J connectivity index is 2.24. The summed E-state index contributed by atoms with van der Waals surface area (Å²) in [5, 5.41) is 0.772. The Kier molecular flexibility index (Phi) is 3.72. The minimum absolute atomic E-state index is 0.556. The summed E-state index contributed by atoms with van der Waals surface area (Å²) in [7, 11) is 0. The molecular weight excluding hydrogens is 220 g/mol. The van der Waals surface area contributed by atoms with Crippen LogP contribution in [0.25, 0.3) is 0 Å². The van der Waals surface area contributed by atoms with E-state index < -0.39 is 0 Å². The zero-order valence-electron chi connectivity index (χ0n) is 9.75. The van der Waals surface area contributed by atoms with Crippen molar-refractivity contribution in [3.05, 3.63) is 28.8 Å². The first-order chi connectivity index (χ1) is 7.70. The summed E-state index contributed by atoms with van der Waals surface area (Å²) in [4.78, 5) is 2.44. The van der Waals surface area contributed by atoms with Gasteiger partial charge in [0.2, 0.25) is 0 Å². The zero-order valence-corrected chi connectivity index (χ0v) is 10.5. The molecule has 1 unspecified atom stereocenters. The molecule has 1 aromatic rings. The molecule has 0 radical (unpaired) electrons. The average molecular weight is 239 g/mol. The van der Waals surface area contributed by atoms with Gasteiger partial charge >= 0.3 is 0 Å². The van der Waals surface area contributed by atoms with E-state index in [0.717, 1.165) is 29.6 Å². The molecule has 0 aromatic heterocycles. The molecule has 2 N–H and O–H groups in total. The molecule has 0 bridgehead atoms. The molecular formula is C13H19ClN2. The van der Waals surface area contributed by atoms with Crippen molar-refractivity contribution in [1.82, 2.24) is 0 Å². The molecule has 0 saturated carbocycles. The molecule has 88 valence electrons. The lowest BCUT2D eigenvalue weighted by atomic mass is 9.99. The van der Waals surface area contributed by atoms with Gasteiger partial charge in [-0.2, -0.15) is 0 Å². The van der Waals surface area contributed by atoms with Crippen LogP contribution in [0.5, 0.6) is 0 Å². The normalized spacial score (nSPS) is 21.2. The van der Waals surface area contributed by atoms with Crippen LogP contribution in [0.2, 0.25) is 5.02 Å². The van der Waals surface area contributed by atoms with E-state index in [4.69, 9.17) is 17.3 Å². The van der Waals surface area contributed by atoms with Gasteiger partial charge in [-0.1, -0.05) is 18.5 Å². The number of rotatable bonds is 2. The number of halogens is 1. The van der Waals surface area contributed by atoms with E-state index in [-0.39, 0.29) is 0 Å². The average Bonchev–Trinajstić information content (AvgIpc) is 2.28. The maximum Gasteiger partial charge on any atom is 0.0412 e. The smallest absolute Gasteiger partial charge is 0.0412 e. The van der Waals surface area contributed by atoms with Crippen molar-refractivity contribution in [2.24, 2.45) is 11.7 Å². The molecule has 1 aliphatic rings. The van der Waals surface area contributed by atoms with Crippen molar-refractivity contribution >= 4 is 17.3 Å². The lowest BCUT2D eigenvalue weighted by molar-refractivity contribution is 0.446. The van der Waals surface area contributed by atoms with Gasteiger partial charge < -0.3 is 10.6 Å². The third-order valence-corrected chi connectivity index (χ3v) is 3.49.